The number of carbonyl (C=O) groups excluding carboxylic acids is 1. The first-order valence-corrected chi connectivity index (χ1v) is 9.65. The molecule has 142 valence electrons. The first kappa shape index (κ1) is 21.5. The summed E-state index contributed by atoms with van der Waals surface area (Å²) < 4.78 is 52.7. The van der Waals surface area contributed by atoms with Gasteiger partial charge in [-0.1, -0.05) is 12.8 Å². The molecule has 1 saturated heterocycles. The Kier molecular flexibility index (Phi) is 7.83. The van der Waals surface area contributed by atoms with Gasteiger partial charge in [0.1, 0.15) is 0 Å². The third-order valence-electron chi connectivity index (χ3n) is 4.66. The lowest BCUT2D eigenvalue weighted by Crippen LogP contribution is -2.51. The van der Waals surface area contributed by atoms with Crippen LogP contribution in [0.25, 0.3) is 0 Å². The Morgan fingerprint density at radius 1 is 1.21 bits per heavy atom. The molecule has 1 amide bonds. The van der Waals surface area contributed by atoms with E-state index in [-0.39, 0.29) is 30.8 Å². The minimum atomic E-state index is -3.90. The number of piperidine rings is 1. The monoisotopic (exact) mass is 389 g/mol. The van der Waals surface area contributed by atoms with Crippen LogP contribution in [-0.2, 0) is 14.8 Å². The number of hydrogen-bond acceptors (Lipinski definition) is 4. The fourth-order valence-electron chi connectivity index (χ4n) is 3.22. The predicted molar refractivity (Wildman–Crippen MR) is 89.7 cm³/mol. The minimum Gasteiger partial charge on any atom is -0.341 e. The highest BCUT2D eigenvalue weighted by Gasteiger charge is 2.37. The molecule has 2 rings (SSSR count). The standard InChI is InChI=1S/C14H25F2N3O3S.ClH/c15-14(16,9-17)10-18-23(21,22)12-6-3-7-19(8-12)13(20)11-4-1-2-5-11;/h11-12,18H,1-10,17H2;1H. The van der Waals surface area contributed by atoms with Gasteiger partial charge in [0.2, 0.25) is 15.9 Å². The smallest absolute Gasteiger partial charge is 0.273 e. The van der Waals surface area contributed by atoms with Crippen LogP contribution in [0.1, 0.15) is 38.5 Å². The van der Waals surface area contributed by atoms with Crippen LogP contribution in [-0.4, -0.2) is 56.6 Å². The van der Waals surface area contributed by atoms with Gasteiger partial charge < -0.3 is 10.6 Å². The van der Waals surface area contributed by atoms with Gasteiger partial charge in [0.25, 0.3) is 5.92 Å². The second kappa shape index (κ2) is 8.73. The number of carbonyl (C=O) groups is 1. The SMILES string of the molecule is Cl.NCC(F)(F)CNS(=O)(=O)C1CCCN(C(=O)C2CCCC2)C1. The molecule has 1 heterocycles. The van der Waals surface area contributed by atoms with Gasteiger partial charge in [0.05, 0.1) is 18.3 Å². The Morgan fingerprint density at radius 2 is 1.83 bits per heavy atom. The zero-order valence-corrected chi connectivity index (χ0v) is 15.2. The average molecular weight is 390 g/mol. The van der Waals surface area contributed by atoms with Crippen molar-refractivity contribution >= 4 is 28.3 Å². The zero-order valence-electron chi connectivity index (χ0n) is 13.5. The lowest BCUT2D eigenvalue weighted by atomic mass is 10.0. The molecule has 0 radical (unpaired) electrons. The summed E-state index contributed by atoms with van der Waals surface area (Å²) in [6, 6.07) is 0. The van der Waals surface area contributed by atoms with Crippen LogP contribution in [0, 0.1) is 5.92 Å². The van der Waals surface area contributed by atoms with Crippen LogP contribution in [0.15, 0.2) is 0 Å². The van der Waals surface area contributed by atoms with Gasteiger partial charge in [0, 0.05) is 19.0 Å². The second-order valence-corrected chi connectivity index (χ2v) is 8.50. The van der Waals surface area contributed by atoms with Gasteiger partial charge >= 0.3 is 0 Å². The molecule has 6 nitrogen and oxygen atoms in total. The average Bonchev–Trinajstić information content (AvgIpc) is 3.07. The Balaban J connectivity index is 0.00000288. The largest absolute Gasteiger partial charge is 0.341 e. The number of nitrogens with two attached hydrogens (primary N) is 1. The second-order valence-electron chi connectivity index (χ2n) is 6.46. The Morgan fingerprint density at radius 3 is 2.42 bits per heavy atom. The molecule has 2 fully saturated rings. The number of amides is 1. The predicted octanol–water partition coefficient (Wildman–Crippen LogP) is 1.10. The lowest BCUT2D eigenvalue weighted by molar-refractivity contribution is -0.136. The summed E-state index contributed by atoms with van der Waals surface area (Å²) in [4.78, 5) is 14.0. The highest BCUT2D eigenvalue weighted by Crippen LogP contribution is 2.28. The van der Waals surface area contributed by atoms with Crippen LogP contribution >= 0.6 is 12.4 Å². The molecule has 2 aliphatic rings. The van der Waals surface area contributed by atoms with Crippen LogP contribution in [0.3, 0.4) is 0 Å². The molecule has 3 N–H and O–H groups in total. The fraction of sp³-hybridized carbons (Fsp3) is 0.929. The van der Waals surface area contributed by atoms with Gasteiger partial charge in [-0.25, -0.2) is 21.9 Å². The van der Waals surface area contributed by atoms with E-state index in [0.29, 0.717) is 19.4 Å². The van der Waals surface area contributed by atoms with E-state index in [2.05, 4.69) is 0 Å². The maximum absolute atomic E-state index is 13.1. The van der Waals surface area contributed by atoms with E-state index in [0.717, 1.165) is 25.7 Å². The van der Waals surface area contributed by atoms with Crippen LogP contribution in [0.2, 0.25) is 0 Å². The molecule has 1 atom stereocenters. The van der Waals surface area contributed by atoms with E-state index >= 15 is 0 Å². The molecule has 10 heteroatoms. The lowest BCUT2D eigenvalue weighted by Gasteiger charge is -2.34. The molecule has 1 aliphatic heterocycles. The summed E-state index contributed by atoms with van der Waals surface area (Å²) in [6.07, 6.45) is 4.71. The van der Waals surface area contributed by atoms with Crippen molar-refractivity contribution in [3.05, 3.63) is 0 Å². The van der Waals surface area contributed by atoms with Crippen molar-refractivity contribution in [3.8, 4) is 0 Å². The quantitative estimate of drug-likeness (QED) is 0.711. The van der Waals surface area contributed by atoms with Crippen molar-refractivity contribution in [3.63, 3.8) is 0 Å². The number of alkyl halides is 2. The van der Waals surface area contributed by atoms with Gasteiger partial charge in [-0.15, -0.1) is 12.4 Å². The van der Waals surface area contributed by atoms with Crippen LogP contribution in [0.4, 0.5) is 8.78 Å². The molecule has 1 saturated carbocycles. The van der Waals surface area contributed by atoms with Crippen molar-refractivity contribution in [1.29, 1.82) is 0 Å². The van der Waals surface area contributed by atoms with Crippen LogP contribution < -0.4 is 10.5 Å². The number of sulfonamides is 1. The summed E-state index contributed by atoms with van der Waals surface area (Å²) in [6.45, 7) is -1.29. The number of likely N-dealkylation sites (tertiary alicyclic amines) is 1. The third kappa shape index (κ3) is 5.50. The van der Waals surface area contributed by atoms with E-state index in [1.54, 1.807) is 4.90 Å². The molecule has 0 bridgehead atoms. The van der Waals surface area contributed by atoms with Crippen LogP contribution in [0.5, 0.6) is 0 Å². The normalized spacial score (nSPS) is 23.1. The molecule has 1 unspecified atom stereocenters. The zero-order chi connectivity index (χ0) is 17.1. The van der Waals surface area contributed by atoms with E-state index in [9.17, 15) is 22.0 Å². The molecular weight excluding hydrogens is 364 g/mol. The molecule has 0 spiro atoms. The summed E-state index contributed by atoms with van der Waals surface area (Å²) in [5, 5.41) is -0.838. The molecule has 0 aromatic heterocycles. The number of nitrogens with zero attached hydrogens (tertiary/aromatic N) is 1. The van der Waals surface area contributed by atoms with Gasteiger partial charge in [-0.2, -0.15) is 0 Å². The molecule has 1 aliphatic carbocycles. The maximum Gasteiger partial charge on any atom is 0.273 e. The number of halogens is 3. The molecule has 0 aromatic rings. The van der Waals surface area contributed by atoms with Gasteiger partial charge in [-0.3, -0.25) is 4.79 Å². The summed E-state index contributed by atoms with van der Waals surface area (Å²) in [5.74, 6) is -3.26. The van der Waals surface area contributed by atoms with E-state index in [4.69, 9.17) is 5.73 Å². The fourth-order valence-corrected chi connectivity index (χ4v) is 4.72. The Bertz CT molecular complexity index is 527. The first-order chi connectivity index (χ1) is 10.7. The maximum atomic E-state index is 13.1. The number of rotatable bonds is 6. The molecular formula is C14H26ClF2N3O3S. The van der Waals surface area contributed by atoms with Crippen molar-refractivity contribution in [2.75, 3.05) is 26.2 Å². The van der Waals surface area contributed by atoms with Gasteiger partial charge in [0.15, 0.2) is 0 Å². The topological polar surface area (TPSA) is 92.5 Å². The Hall–Kier alpha value is -0.510. The van der Waals surface area contributed by atoms with Crippen molar-refractivity contribution < 1.29 is 22.0 Å². The Labute approximate surface area is 148 Å². The number of hydrogen-bond donors (Lipinski definition) is 2. The van der Waals surface area contributed by atoms with E-state index in [1.165, 1.54) is 0 Å². The van der Waals surface area contributed by atoms with Gasteiger partial charge in [-0.05, 0) is 25.7 Å². The summed E-state index contributed by atoms with van der Waals surface area (Å²) in [5.41, 5.74) is 4.91. The third-order valence-corrected chi connectivity index (χ3v) is 6.47. The summed E-state index contributed by atoms with van der Waals surface area (Å²) in [7, 11) is -3.90. The first-order valence-electron chi connectivity index (χ1n) is 8.10. The molecule has 24 heavy (non-hydrogen) atoms. The van der Waals surface area contributed by atoms with Crippen molar-refractivity contribution in [2.45, 2.75) is 49.7 Å². The number of nitrogens with one attached hydrogen (secondary N) is 1. The van der Waals surface area contributed by atoms with Crippen molar-refractivity contribution in [1.82, 2.24) is 9.62 Å². The van der Waals surface area contributed by atoms with Crippen molar-refractivity contribution in [2.24, 2.45) is 11.7 Å². The van der Waals surface area contributed by atoms with E-state index in [1.807, 2.05) is 4.72 Å². The summed E-state index contributed by atoms with van der Waals surface area (Å²) >= 11 is 0. The highest BCUT2D eigenvalue weighted by atomic mass is 35.5. The highest BCUT2D eigenvalue weighted by molar-refractivity contribution is 7.90. The minimum absolute atomic E-state index is 0. The molecule has 0 aromatic carbocycles. The van der Waals surface area contributed by atoms with E-state index < -0.39 is 34.3 Å².